The summed E-state index contributed by atoms with van der Waals surface area (Å²) in [6, 6.07) is 7.05. The zero-order valence-corrected chi connectivity index (χ0v) is 23.7. The fraction of sp³-hybridized carbons (Fsp3) is 0.370. The number of benzene rings is 1. The summed E-state index contributed by atoms with van der Waals surface area (Å²) >= 11 is 1.12. The minimum absolute atomic E-state index is 0.135. The quantitative estimate of drug-likeness (QED) is 0.341. The highest BCUT2D eigenvalue weighted by molar-refractivity contribution is 7.94. The van der Waals surface area contributed by atoms with Crippen molar-refractivity contribution in [3.63, 3.8) is 0 Å². The summed E-state index contributed by atoms with van der Waals surface area (Å²) in [5.41, 5.74) is 3.06. The third-order valence-electron chi connectivity index (χ3n) is 6.84. The number of thiazole rings is 1. The Morgan fingerprint density at radius 3 is 2.54 bits per heavy atom. The van der Waals surface area contributed by atoms with Gasteiger partial charge in [-0.2, -0.15) is 0 Å². The average molecular weight is 567 g/mol. The van der Waals surface area contributed by atoms with Crippen molar-refractivity contribution in [2.75, 3.05) is 17.8 Å². The van der Waals surface area contributed by atoms with Crippen LogP contribution in [0.5, 0.6) is 0 Å². The Morgan fingerprint density at radius 2 is 1.82 bits per heavy atom. The predicted octanol–water partition coefficient (Wildman–Crippen LogP) is 4.04. The van der Waals surface area contributed by atoms with E-state index in [1.807, 2.05) is 11.0 Å². The Bertz CT molecular complexity index is 1720. The van der Waals surface area contributed by atoms with Crippen LogP contribution < -0.4 is 10.3 Å². The maximum atomic E-state index is 13.3. The van der Waals surface area contributed by atoms with Crippen LogP contribution in [0.1, 0.15) is 42.1 Å². The number of rotatable bonds is 8. The Balaban J connectivity index is 1.39. The molecular weight excluding hydrogens is 536 g/mol. The molecule has 4 aromatic rings. The van der Waals surface area contributed by atoms with Gasteiger partial charge in [0.2, 0.25) is 5.91 Å². The van der Waals surface area contributed by atoms with Gasteiger partial charge in [-0.25, -0.2) is 18.4 Å². The van der Waals surface area contributed by atoms with Gasteiger partial charge in [-0.1, -0.05) is 6.07 Å². The molecule has 1 aliphatic heterocycles. The number of likely N-dealkylation sites (tertiary alicyclic amines) is 1. The minimum Gasteiger partial charge on any atom is -0.343 e. The van der Waals surface area contributed by atoms with Gasteiger partial charge in [0.15, 0.2) is 4.21 Å². The number of sulfonamides is 1. The van der Waals surface area contributed by atoms with Crippen molar-refractivity contribution in [2.24, 2.45) is 0 Å². The molecule has 1 N–H and O–H groups in total. The molecule has 10 nitrogen and oxygen atoms in total. The number of nitrogens with one attached hydrogen (secondary N) is 1. The number of hydrogen-bond acceptors (Lipinski definition) is 8. The topological polar surface area (TPSA) is 127 Å². The summed E-state index contributed by atoms with van der Waals surface area (Å²) in [5.74, 6) is 0.135. The van der Waals surface area contributed by atoms with Gasteiger partial charge < -0.3 is 4.90 Å². The van der Waals surface area contributed by atoms with Gasteiger partial charge in [0.1, 0.15) is 0 Å². The molecule has 204 valence electrons. The number of pyridine rings is 1. The number of anilines is 1. The number of carbonyl (C=O) groups is 1. The summed E-state index contributed by atoms with van der Waals surface area (Å²) in [6.45, 7) is 7.20. The van der Waals surface area contributed by atoms with E-state index < -0.39 is 10.0 Å². The third kappa shape index (κ3) is 5.71. The number of fused-ring (bicyclic) bond motifs is 1. The van der Waals surface area contributed by atoms with Crippen LogP contribution in [0.3, 0.4) is 0 Å². The van der Waals surface area contributed by atoms with Crippen molar-refractivity contribution < 1.29 is 13.2 Å². The molecule has 0 saturated carbocycles. The SMILES string of the molecule is Cc1nc(C)c(S(=O)(=O)Nc2cc(-c3ccc4ncn(CCCC(=O)N5CCCC5)c(=O)c4c3)cnc2C)s1. The molecule has 1 aromatic carbocycles. The molecule has 0 spiro atoms. The molecule has 4 heterocycles. The number of nitrogens with zero attached hydrogens (tertiary/aromatic N) is 5. The number of carbonyl (C=O) groups excluding carboxylic acids is 1. The Labute approximate surface area is 230 Å². The molecular formula is C27H30N6O4S2. The lowest BCUT2D eigenvalue weighted by Crippen LogP contribution is -2.28. The molecule has 1 fully saturated rings. The summed E-state index contributed by atoms with van der Waals surface area (Å²) in [5, 5.41) is 1.12. The zero-order valence-electron chi connectivity index (χ0n) is 22.1. The van der Waals surface area contributed by atoms with Crippen LogP contribution in [0.4, 0.5) is 5.69 Å². The Kier molecular flexibility index (Phi) is 7.50. The minimum atomic E-state index is -3.84. The van der Waals surface area contributed by atoms with E-state index in [0.717, 1.165) is 37.3 Å². The number of amides is 1. The van der Waals surface area contributed by atoms with Crippen molar-refractivity contribution in [1.82, 2.24) is 24.4 Å². The van der Waals surface area contributed by atoms with E-state index >= 15 is 0 Å². The van der Waals surface area contributed by atoms with Gasteiger partial charge in [0, 0.05) is 37.8 Å². The van der Waals surface area contributed by atoms with Crippen molar-refractivity contribution in [1.29, 1.82) is 0 Å². The van der Waals surface area contributed by atoms with E-state index in [2.05, 4.69) is 19.7 Å². The highest BCUT2D eigenvalue weighted by Gasteiger charge is 2.22. The van der Waals surface area contributed by atoms with Crippen molar-refractivity contribution in [3.8, 4) is 11.1 Å². The molecule has 0 radical (unpaired) electrons. The average Bonchev–Trinajstić information content (AvgIpc) is 3.56. The first-order valence-electron chi connectivity index (χ1n) is 12.8. The second-order valence-electron chi connectivity index (χ2n) is 9.73. The van der Waals surface area contributed by atoms with Crippen LogP contribution in [-0.2, 0) is 21.4 Å². The Hall–Kier alpha value is -3.64. The lowest BCUT2D eigenvalue weighted by Gasteiger charge is -2.15. The monoisotopic (exact) mass is 566 g/mol. The lowest BCUT2D eigenvalue weighted by atomic mass is 10.0. The molecule has 12 heteroatoms. The lowest BCUT2D eigenvalue weighted by molar-refractivity contribution is -0.130. The van der Waals surface area contributed by atoms with Crippen LogP contribution in [0.25, 0.3) is 22.0 Å². The van der Waals surface area contributed by atoms with Gasteiger partial charge in [0.05, 0.1) is 39.3 Å². The van der Waals surface area contributed by atoms with E-state index in [9.17, 15) is 18.0 Å². The van der Waals surface area contributed by atoms with Gasteiger partial charge in [0.25, 0.3) is 15.6 Å². The first kappa shape index (κ1) is 26.9. The van der Waals surface area contributed by atoms with Gasteiger partial charge in [-0.3, -0.25) is 23.9 Å². The van der Waals surface area contributed by atoms with E-state index in [1.54, 1.807) is 45.2 Å². The highest BCUT2D eigenvalue weighted by Crippen LogP contribution is 2.29. The van der Waals surface area contributed by atoms with E-state index in [0.29, 0.717) is 63.5 Å². The molecule has 39 heavy (non-hydrogen) atoms. The molecule has 0 aliphatic carbocycles. The van der Waals surface area contributed by atoms with Gasteiger partial charge in [-0.05, 0) is 63.8 Å². The molecule has 5 rings (SSSR count). The smallest absolute Gasteiger partial charge is 0.273 e. The van der Waals surface area contributed by atoms with E-state index in [1.165, 1.54) is 10.9 Å². The molecule has 1 aliphatic rings. The second-order valence-corrected chi connectivity index (χ2v) is 12.8. The molecule has 0 atom stereocenters. The highest BCUT2D eigenvalue weighted by atomic mass is 32.2. The normalized spacial score (nSPS) is 13.8. The number of aromatic nitrogens is 4. The van der Waals surface area contributed by atoms with Gasteiger partial charge >= 0.3 is 0 Å². The summed E-state index contributed by atoms with van der Waals surface area (Å²) in [7, 11) is -3.84. The molecule has 3 aromatic heterocycles. The van der Waals surface area contributed by atoms with E-state index in [4.69, 9.17) is 0 Å². The molecule has 1 amide bonds. The van der Waals surface area contributed by atoms with Crippen molar-refractivity contribution in [2.45, 2.75) is 57.2 Å². The summed E-state index contributed by atoms with van der Waals surface area (Å²) in [4.78, 5) is 40.5. The standard InChI is InChI=1S/C27H30N6O4S2/c1-17-24(31-39(36,37)27-18(2)30-19(3)38-27)14-21(15-28-17)20-8-9-23-22(13-20)26(35)33(16-29-23)12-6-7-25(34)32-10-4-5-11-32/h8-9,13-16,31H,4-7,10-12H2,1-3H3. The fourth-order valence-corrected chi connectivity index (χ4v) is 7.36. The van der Waals surface area contributed by atoms with Crippen molar-refractivity contribution >= 4 is 43.9 Å². The Morgan fingerprint density at radius 1 is 1.05 bits per heavy atom. The van der Waals surface area contributed by atoms with Crippen LogP contribution >= 0.6 is 11.3 Å². The molecule has 0 unspecified atom stereocenters. The second kappa shape index (κ2) is 10.9. The zero-order chi connectivity index (χ0) is 27.7. The summed E-state index contributed by atoms with van der Waals surface area (Å²) in [6.07, 6.45) is 6.24. The molecule has 0 bridgehead atoms. The fourth-order valence-electron chi connectivity index (χ4n) is 4.77. The maximum Gasteiger partial charge on any atom is 0.273 e. The number of hydrogen-bond donors (Lipinski definition) is 1. The van der Waals surface area contributed by atoms with Gasteiger partial charge in [-0.15, -0.1) is 11.3 Å². The summed E-state index contributed by atoms with van der Waals surface area (Å²) < 4.78 is 30.5. The van der Waals surface area contributed by atoms with Crippen LogP contribution in [0.2, 0.25) is 0 Å². The van der Waals surface area contributed by atoms with Crippen LogP contribution in [-0.4, -0.2) is 51.8 Å². The van der Waals surface area contributed by atoms with E-state index in [-0.39, 0.29) is 15.7 Å². The first-order valence-corrected chi connectivity index (χ1v) is 15.1. The number of aryl methyl sites for hydroxylation is 4. The van der Waals surface area contributed by atoms with Crippen molar-refractivity contribution in [3.05, 3.63) is 63.5 Å². The molecule has 1 saturated heterocycles. The van der Waals surface area contributed by atoms with Crippen LogP contribution in [0, 0.1) is 20.8 Å². The third-order valence-corrected chi connectivity index (χ3v) is 9.89. The van der Waals surface area contributed by atoms with Crippen LogP contribution in [0.15, 0.2) is 45.8 Å². The first-order chi connectivity index (χ1) is 18.6. The largest absolute Gasteiger partial charge is 0.343 e. The maximum absolute atomic E-state index is 13.3. The predicted molar refractivity (Wildman–Crippen MR) is 151 cm³/mol.